The minimum Gasteiger partial charge on any atom is -0.368 e. The Morgan fingerprint density at radius 1 is 1.38 bits per heavy atom. The van der Waals surface area contributed by atoms with Gasteiger partial charge in [-0.2, -0.15) is 0 Å². The van der Waals surface area contributed by atoms with Crippen LogP contribution in [0, 0.1) is 0 Å². The van der Waals surface area contributed by atoms with Crippen molar-refractivity contribution in [1.29, 1.82) is 0 Å². The van der Waals surface area contributed by atoms with Crippen molar-refractivity contribution < 1.29 is 9.00 Å². The van der Waals surface area contributed by atoms with Gasteiger partial charge >= 0.3 is 0 Å². The van der Waals surface area contributed by atoms with Crippen LogP contribution in [0.2, 0.25) is 10.0 Å². The first-order valence-corrected chi connectivity index (χ1v) is 6.38. The maximum atomic E-state index is 11.9. The van der Waals surface area contributed by atoms with Gasteiger partial charge in [0.15, 0.2) is 0 Å². The molecule has 4 N–H and O–H groups in total. The average Bonchev–Trinajstić information content (AvgIpc) is 2.16. The van der Waals surface area contributed by atoms with Gasteiger partial charge in [0.05, 0.1) is 37.5 Å². The van der Waals surface area contributed by atoms with Gasteiger partial charge in [-0.15, -0.1) is 0 Å². The Labute approximate surface area is 105 Å². The Kier molecular flexibility index (Phi) is 4.73. The van der Waals surface area contributed by atoms with Crippen LogP contribution < -0.4 is 11.5 Å². The number of hydrogen-bond acceptors (Lipinski definition) is 3. The van der Waals surface area contributed by atoms with Crippen LogP contribution in [0.3, 0.4) is 0 Å². The molecule has 1 aromatic rings. The number of benzene rings is 1. The lowest BCUT2D eigenvalue weighted by Gasteiger charge is -2.09. The monoisotopic (exact) mass is 280 g/mol. The number of carbonyl (C=O) groups is 1. The Morgan fingerprint density at radius 3 is 2.31 bits per heavy atom. The minimum atomic E-state index is -1.55. The van der Waals surface area contributed by atoms with E-state index in [4.69, 9.17) is 34.7 Å². The molecular formula is C9H10Cl2N2O2S. The van der Waals surface area contributed by atoms with Crippen molar-refractivity contribution in [3.05, 3.63) is 28.2 Å². The van der Waals surface area contributed by atoms with Crippen molar-refractivity contribution in [2.45, 2.75) is 10.9 Å². The SMILES string of the molecule is NC(=O)C(N)CS(=O)c1c(Cl)cccc1Cl. The molecule has 0 aliphatic heterocycles. The summed E-state index contributed by atoms with van der Waals surface area (Å²) in [4.78, 5) is 11.0. The molecule has 4 nitrogen and oxygen atoms in total. The zero-order valence-electron chi connectivity index (χ0n) is 8.15. The van der Waals surface area contributed by atoms with E-state index in [1.165, 1.54) is 0 Å². The van der Waals surface area contributed by atoms with Crippen molar-refractivity contribution >= 4 is 39.9 Å². The molecule has 0 aliphatic carbocycles. The van der Waals surface area contributed by atoms with Gasteiger partial charge in [-0.3, -0.25) is 9.00 Å². The molecule has 16 heavy (non-hydrogen) atoms. The molecule has 2 unspecified atom stereocenters. The number of halogens is 2. The van der Waals surface area contributed by atoms with Crippen molar-refractivity contribution in [2.75, 3.05) is 5.75 Å². The molecular weight excluding hydrogens is 271 g/mol. The van der Waals surface area contributed by atoms with E-state index in [9.17, 15) is 9.00 Å². The zero-order chi connectivity index (χ0) is 12.3. The molecule has 0 spiro atoms. The van der Waals surface area contributed by atoms with Crippen molar-refractivity contribution in [3.63, 3.8) is 0 Å². The molecule has 1 aromatic carbocycles. The Hall–Kier alpha value is -0.620. The number of rotatable bonds is 4. The van der Waals surface area contributed by atoms with Crippen LogP contribution in [-0.2, 0) is 15.6 Å². The van der Waals surface area contributed by atoms with Crippen molar-refractivity contribution in [3.8, 4) is 0 Å². The maximum Gasteiger partial charge on any atom is 0.235 e. The normalized spacial score (nSPS) is 14.4. The van der Waals surface area contributed by atoms with E-state index >= 15 is 0 Å². The summed E-state index contributed by atoms with van der Waals surface area (Å²) in [5.41, 5.74) is 10.4. The fraction of sp³-hybridized carbons (Fsp3) is 0.222. The second-order valence-corrected chi connectivity index (χ2v) is 5.32. The summed E-state index contributed by atoms with van der Waals surface area (Å²) in [6.07, 6.45) is 0. The lowest BCUT2D eigenvalue weighted by Crippen LogP contribution is -2.40. The number of carbonyl (C=O) groups excluding carboxylic acids is 1. The third kappa shape index (κ3) is 3.18. The lowest BCUT2D eigenvalue weighted by molar-refractivity contribution is -0.118. The summed E-state index contributed by atoms with van der Waals surface area (Å²) in [5, 5.41) is 0.560. The molecule has 0 radical (unpaired) electrons. The predicted molar refractivity (Wildman–Crippen MR) is 64.9 cm³/mol. The molecule has 0 aliphatic rings. The fourth-order valence-electron chi connectivity index (χ4n) is 1.03. The van der Waals surface area contributed by atoms with Crippen molar-refractivity contribution in [2.24, 2.45) is 11.5 Å². The van der Waals surface area contributed by atoms with E-state index in [2.05, 4.69) is 0 Å². The predicted octanol–water partition coefficient (Wildman–Crippen LogP) is 0.914. The van der Waals surface area contributed by atoms with E-state index in [-0.39, 0.29) is 20.7 Å². The summed E-state index contributed by atoms with van der Waals surface area (Å²) < 4.78 is 11.9. The van der Waals surface area contributed by atoms with Gasteiger partial charge in [-0.1, -0.05) is 29.3 Å². The minimum absolute atomic E-state index is 0.0984. The van der Waals surface area contributed by atoms with Crippen LogP contribution in [0.4, 0.5) is 0 Å². The number of nitrogens with two attached hydrogens (primary N) is 2. The van der Waals surface area contributed by atoms with Crippen LogP contribution in [0.1, 0.15) is 0 Å². The van der Waals surface area contributed by atoms with Crippen LogP contribution >= 0.6 is 23.2 Å². The van der Waals surface area contributed by atoms with Gasteiger partial charge in [0, 0.05) is 0 Å². The first-order valence-electron chi connectivity index (χ1n) is 4.30. The molecule has 0 bridgehead atoms. The zero-order valence-corrected chi connectivity index (χ0v) is 10.5. The topological polar surface area (TPSA) is 86.2 Å². The first kappa shape index (κ1) is 13.4. The van der Waals surface area contributed by atoms with Crippen LogP contribution in [0.5, 0.6) is 0 Å². The summed E-state index contributed by atoms with van der Waals surface area (Å²) in [5.74, 6) is -0.810. The highest BCUT2D eigenvalue weighted by Gasteiger charge is 2.18. The number of primary amides is 1. The van der Waals surface area contributed by atoms with Gasteiger partial charge in [0.2, 0.25) is 5.91 Å². The molecule has 88 valence electrons. The third-order valence-electron chi connectivity index (χ3n) is 1.84. The summed E-state index contributed by atoms with van der Waals surface area (Å²) in [6.45, 7) is 0. The highest BCUT2D eigenvalue weighted by Crippen LogP contribution is 2.27. The van der Waals surface area contributed by atoms with E-state index in [1.54, 1.807) is 18.2 Å². The highest BCUT2D eigenvalue weighted by molar-refractivity contribution is 7.85. The average molecular weight is 281 g/mol. The molecule has 0 saturated carbocycles. The number of amides is 1. The van der Waals surface area contributed by atoms with E-state index in [0.717, 1.165) is 0 Å². The summed E-state index contributed by atoms with van der Waals surface area (Å²) in [7, 11) is -1.55. The molecule has 0 saturated heterocycles. The lowest BCUT2D eigenvalue weighted by atomic mass is 10.3. The molecule has 0 fully saturated rings. The molecule has 1 amide bonds. The van der Waals surface area contributed by atoms with E-state index in [0.29, 0.717) is 0 Å². The quantitative estimate of drug-likeness (QED) is 0.860. The van der Waals surface area contributed by atoms with Crippen LogP contribution in [0.15, 0.2) is 23.1 Å². The van der Waals surface area contributed by atoms with Crippen LogP contribution in [-0.4, -0.2) is 21.9 Å². The summed E-state index contributed by atoms with van der Waals surface area (Å²) >= 11 is 11.7. The van der Waals surface area contributed by atoms with Crippen LogP contribution in [0.25, 0.3) is 0 Å². The fourth-order valence-corrected chi connectivity index (χ4v) is 3.17. The van der Waals surface area contributed by atoms with Crippen molar-refractivity contribution in [1.82, 2.24) is 0 Å². The maximum absolute atomic E-state index is 11.9. The van der Waals surface area contributed by atoms with Gasteiger partial charge in [-0.25, -0.2) is 0 Å². The Morgan fingerprint density at radius 2 is 1.88 bits per heavy atom. The van der Waals surface area contributed by atoms with Gasteiger partial charge in [0.25, 0.3) is 0 Å². The van der Waals surface area contributed by atoms with Gasteiger partial charge in [-0.05, 0) is 12.1 Å². The Bertz CT molecular complexity index is 419. The molecule has 1 rings (SSSR count). The van der Waals surface area contributed by atoms with Gasteiger partial charge < -0.3 is 11.5 Å². The third-order valence-corrected chi connectivity index (χ3v) is 4.25. The number of hydrogen-bond donors (Lipinski definition) is 2. The second kappa shape index (κ2) is 5.63. The highest BCUT2D eigenvalue weighted by atomic mass is 35.5. The smallest absolute Gasteiger partial charge is 0.235 e. The molecule has 0 aromatic heterocycles. The second-order valence-electron chi connectivity index (χ2n) is 3.07. The first-order chi connectivity index (χ1) is 7.43. The molecule has 7 heteroatoms. The van der Waals surface area contributed by atoms with E-state index < -0.39 is 22.7 Å². The Balaban J connectivity index is 2.93. The van der Waals surface area contributed by atoms with E-state index in [1.807, 2.05) is 0 Å². The standard InChI is InChI=1S/C9H10Cl2N2O2S/c10-5-2-1-3-6(11)8(5)16(15)4-7(12)9(13)14/h1-3,7H,4,12H2,(H2,13,14). The molecule has 0 heterocycles. The summed E-state index contributed by atoms with van der Waals surface area (Å²) in [6, 6.07) is 3.79. The molecule has 2 atom stereocenters. The largest absolute Gasteiger partial charge is 0.368 e. The van der Waals surface area contributed by atoms with Gasteiger partial charge in [0.1, 0.15) is 0 Å².